The minimum atomic E-state index is -0.284. The molecule has 0 bridgehead atoms. The molecule has 27 heavy (non-hydrogen) atoms. The van der Waals surface area contributed by atoms with Crippen molar-refractivity contribution in [1.82, 2.24) is 5.32 Å². The third-order valence-electron chi connectivity index (χ3n) is 4.47. The first kappa shape index (κ1) is 18.7. The lowest BCUT2D eigenvalue weighted by molar-refractivity contribution is 0.0819. The Morgan fingerprint density at radius 2 is 1.48 bits per heavy atom. The molecule has 3 aromatic rings. The van der Waals surface area contributed by atoms with Gasteiger partial charge in [-0.25, -0.2) is 0 Å². The molecule has 3 rings (SSSR count). The van der Waals surface area contributed by atoms with Crippen molar-refractivity contribution in [3.63, 3.8) is 0 Å². The molecule has 0 radical (unpaired) electrons. The molecule has 0 saturated carbocycles. The maximum Gasteiger partial charge on any atom is 0.251 e. The molecule has 1 amide bonds. The molecule has 4 heteroatoms. The molecule has 0 aliphatic heterocycles. The molecule has 0 spiro atoms. The van der Waals surface area contributed by atoms with E-state index < -0.39 is 0 Å². The number of ether oxygens (including phenoxy) is 2. The fourth-order valence-corrected chi connectivity index (χ4v) is 2.98. The minimum Gasteiger partial charge on any atom is -0.496 e. The second-order valence-electron chi connectivity index (χ2n) is 6.12. The highest BCUT2D eigenvalue weighted by molar-refractivity contribution is 5.94. The summed E-state index contributed by atoms with van der Waals surface area (Å²) in [5.41, 5.74) is 3.72. The predicted octanol–water partition coefficient (Wildman–Crippen LogP) is 4.48. The number of methoxy groups -OCH3 is 2. The lowest BCUT2D eigenvalue weighted by Crippen LogP contribution is -2.29. The highest BCUT2D eigenvalue weighted by Crippen LogP contribution is 2.26. The number of para-hydroxylation sites is 1. The predicted molar refractivity (Wildman–Crippen MR) is 107 cm³/mol. The van der Waals surface area contributed by atoms with Gasteiger partial charge in [-0.1, -0.05) is 60.7 Å². The topological polar surface area (TPSA) is 47.6 Å². The van der Waals surface area contributed by atoms with Gasteiger partial charge in [0, 0.05) is 24.8 Å². The average molecular weight is 361 g/mol. The Labute approximate surface area is 159 Å². The van der Waals surface area contributed by atoms with Gasteiger partial charge in [0.1, 0.15) is 11.9 Å². The number of rotatable bonds is 7. The zero-order valence-corrected chi connectivity index (χ0v) is 15.5. The number of hydrogen-bond donors (Lipinski definition) is 1. The molecular formula is C23H23NO3. The van der Waals surface area contributed by atoms with Crippen LogP contribution in [0, 0.1) is 0 Å². The first-order chi connectivity index (χ1) is 13.2. The summed E-state index contributed by atoms with van der Waals surface area (Å²) < 4.78 is 10.9. The third kappa shape index (κ3) is 4.54. The summed E-state index contributed by atoms with van der Waals surface area (Å²) in [4.78, 5) is 12.5. The Balaban J connectivity index is 1.66. The lowest BCUT2D eigenvalue weighted by atomic mass is 10.0. The second-order valence-corrected chi connectivity index (χ2v) is 6.12. The van der Waals surface area contributed by atoms with E-state index in [-0.39, 0.29) is 12.0 Å². The van der Waals surface area contributed by atoms with Crippen LogP contribution in [0.25, 0.3) is 11.1 Å². The number of benzene rings is 3. The van der Waals surface area contributed by atoms with Crippen LogP contribution < -0.4 is 10.1 Å². The van der Waals surface area contributed by atoms with Gasteiger partial charge in [-0.3, -0.25) is 4.79 Å². The summed E-state index contributed by atoms with van der Waals surface area (Å²) in [6.45, 7) is 0.357. The van der Waals surface area contributed by atoms with E-state index in [0.717, 1.165) is 22.4 Å². The van der Waals surface area contributed by atoms with E-state index in [4.69, 9.17) is 9.47 Å². The van der Waals surface area contributed by atoms with Gasteiger partial charge in [-0.05, 0) is 29.3 Å². The van der Waals surface area contributed by atoms with E-state index in [1.807, 2.05) is 78.9 Å². The van der Waals surface area contributed by atoms with Gasteiger partial charge in [-0.15, -0.1) is 0 Å². The van der Waals surface area contributed by atoms with Gasteiger partial charge >= 0.3 is 0 Å². The number of hydrogen-bond acceptors (Lipinski definition) is 3. The van der Waals surface area contributed by atoms with E-state index in [2.05, 4.69) is 5.32 Å². The van der Waals surface area contributed by atoms with Crippen LogP contribution in [0.15, 0.2) is 78.9 Å². The van der Waals surface area contributed by atoms with E-state index in [9.17, 15) is 4.79 Å². The second kappa shape index (κ2) is 9.01. The fraction of sp³-hybridized carbons (Fsp3) is 0.174. The molecule has 0 aliphatic carbocycles. The van der Waals surface area contributed by atoms with Gasteiger partial charge in [0.15, 0.2) is 0 Å². The van der Waals surface area contributed by atoms with Gasteiger partial charge in [0.05, 0.1) is 7.11 Å². The molecule has 1 N–H and O–H groups in total. The molecule has 4 nitrogen and oxygen atoms in total. The van der Waals surface area contributed by atoms with Crippen LogP contribution in [-0.2, 0) is 4.74 Å². The zero-order valence-electron chi connectivity index (χ0n) is 15.5. The fourth-order valence-electron chi connectivity index (χ4n) is 2.98. The van der Waals surface area contributed by atoms with Crippen molar-refractivity contribution < 1.29 is 14.3 Å². The summed E-state index contributed by atoms with van der Waals surface area (Å²) in [7, 11) is 3.25. The van der Waals surface area contributed by atoms with Crippen molar-refractivity contribution in [2.75, 3.05) is 20.8 Å². The molecule has 3 aromatic carbocycles. The Hall–Kier alpha value is -3.11. The van der Waals surface area contributed by atoms with Crippen LogP contribution in [0.1, 0.15) is 22.0 Å². The average Bonchev–Trinajstić information content (AvgIpc) is 2.75. The molecule has 0 saturated heterocycles. The van der Waals surface area contributed by atoms with E-state index in [1.165, 1.54) is 0 Å². The van der Waals surface area contributed by atoms with E-state index >= 15 is 0 Å². The molecule has 0 aliphatic rings. The van der Waals surface area contributed by atoms with Gasteiger partial charge in [-0.2, -0.15) is 0 Å². The molecular weight excluding hydrogens is 338 g/mol. The molecule has 138 valence electrons. The lowest BCUT2D eigenvalue weighted by Gasteiger charge is -2.19. The van der Waals surface area contributed by atoms with Crippen LogP contribution in [0.5, 0.6) is 5.75 Å². The Morgan fingerprint density at radius 3 is 2.15 bits per heavy atom. The molecule has 0 heterocycles. The van der Waals surface area contributed by atoms with Gasteiger partial charge < -0.3 is 14.8 Å². The monoisotopic (exact) mass is 361 g/mol. The molecule has 0 aromatic heterocycles. The SMILES string of the molecule is COc1ccccc1C(CNC(=O)c1ccc(-c2ccccc2)cc1)OC. The number of amides is 1. The summed E-state index contributed by atoms with van der Waals surface area (Å²) in [5, 5.41) is 2.94. The largest absolute Gasteiger partial charge is 0.496 e. The molecule has 1 unspecified atom stereocenters. The van der Waals surface area contributed by atoms with Crippen molar-refractivity contribution >= 4 is 5.91 Å². The summed E-state index contributed by atoms with van der Waals surface area (Å²) >= 11 is 0. The van der Waals surface area contributed by atoms with Crippen molar-refractivity contribution in [1.29, 1.82) is 0 Å². The maximum absolute atomic E-state index is 12.5. The summed E-state index contributed by atoms with van der Waals surface area (Å²) in [6.07, 6.45) is -0.284. The van der Waals surface area contributed by atoms with Crippen LogP contribution in [-0.4, -0.2) is 26.7 Å². The van der Waals surface area contributed by atoms with E-state index in [1.54, 1.807) is 14.2 Å². The van der Waals surface area contributed by atoms with Crippen molar-refractivity contribution in [2.45, 2.75) is 6.10 Å². The van der Waals surface area contributed by atoms with Gasteiger partial charge in [0.25, 0.3) is 5.91 Å². The number of carbonyl (C=O) groups is 1. The molecule has 1 atom stereocenters. The first-order valence-corrected chi connectivity index (χ1v) is 8.82. The minimum absolute atomic E-state index is 0.133. The smallest absolute Gasteiger partial charge is 0.251 e. The Kier molecular flexibility index (Phi) is 6.23. The highest BCUT2D eigenvalue weighted by Gasteiger charge is 2.16. The van der Waals surface area contributed by atoms with Crippen LogP contribution in [0.3, 0.4) is 0 Å². The van der Waals surface area contributed by atoms with Crippen LogP contribution >= 0.6 is 0 Å². The van der Waals surface area contributed by atoms with Crippen molar-refractivity contribution in [3.8, 4) is 16.9 Å². The summed E-state index contributed by atoms with van der Waals surface area (Å²) in [6, 6.07) is 25.3. The molecule has 0 fully saturated rings. The quantitative estimate of drug-likeness (QED) is 0.675. The normalized spacial score (nSPS) is 11.6. The third-order valence-corrected chi connectivity index (χ3v) is 4.47. The van der Waals surface area contributed by atoms with Crippen molar-refractivity contribution in [2.24, 2.45) is 0 Å². The Bertz CT molecular complexity index is 876. The Morgan fingerprint density at radius 1 is 0.852 bits per heavy atom. The number of nitrogens with one attached hydrogen (secondary N) is 1. The van der Waals surface area contributed by atoms with Crippen molar-refractivity contribution in [3.05, 3.63) is 90.0 Å². The van der Waals surface area contributed by atoms with E-state index in [0.29, 0.717) is 12.1 Å². The standard InChI is InChI=1S/C23H23NO3/c1-26-21-11-7-6-10-20(21)22(27-2)16-24-23(25)19-14-12-18(13-15-19)17-8-4-3-5-9-17/h3-15,22H,16H2,1-2H3,(H,24,25). The maximum atomic E-state index is 12.5. The van der Waals surface area contributed by atoms with Gasteiger partial charge in [0.2, 0.25) is 0 Å². The first-order valence-electron chi connectivity index (χ1n) is 8.82. The summed E-state index contributed by atoms with van der Waals surface area (Å²) in [5.74, 6) is 0.609. The zero-order chi connectivity index (χ0) is 19.1. The van der Waals surface area contributed by atoms with Crippen LogP contribution in [0.2, 0.25) is 0 Å². The van der Waals surface area contributed by atoms with Crippen LogP contribution in [0.4, 0.5) is 0 Å². The highest BCUT2D eigenvalue weighted by atomic mass is 16.5. The number of carbonyl (C=O) groups excluding carboxylic acids is 1.